The van der Waals surface area contributed by atoms with Crippen LogP contribution in [0.2, 0.25) is 0 Å². The number of amides is 1. The molecule has 4 heteroatoms. The molecule has 0 saturated heterocycles. The number of nitrogens with one attached hydrogen (secondary N) is 2. The van der Waals surface area contributed by atoms with E-state index >= 15 is 0 Å². The molecule has 0 aliphatic heterocycles. The molecule has 4 rings (SSSR count). The normalized spacial score (nSPS) is 17.8. The standard InChI is InChI=1S/C25H27FN2O/c26-22-12-8-20(9-13-22)5-4-19-6-10-21(11-7-19)24(29)27-18-25(28-23-14-15-23)16-2-1-3-17-25/h6-13,23,28H,1-3,14-18H2,(H,27,29). The topological polar surface area (TPSA) is 41.1 Å². The number of halogens is 1. The summed E-state index contributed by atoms with van der Waals surface area (Å²) < 4.78 is 13.0. The average molecular weight is 391 g/mol. The lowest BCUT2D eigenvalue weighted by Crippen LogP contribution is -2.55. The van der Waals surface area contributed by atoms with E-state index in [0.29, 0.717) is 18.2 Å². The summed E-state index contributed by atoms with van der Waals surface area (Å²) in [7, 11) is 0. The first-order valence-corrected chi connectivity index (χ1v) is 10.6. The summed E-state index contributed by atoms with van der Waals surface area (Å²) in [5, 5.41) is 6.95. The fraction of sp³-hybridized carbons (Fsp3) is 0.400. The molecule has 3 nitrogen and oxygen atoms in total. The molecule has 0 bridgehead atoms. The second-order valence-electron chi connectivity index (χ2n) is 8.28. The summed E-state index contributed by atoms with van der Waals surface area (Å²) in [6.07, 6.45) is 8.56. The largest absolute Gasteiger partial charge is 0.350 e. The van der Waals surface area contributed by atoms with Gasteiger partial charge in [-0.25, -0.2) is 4.39 Å². The zero-order valence-electron chi connectivity index (χ0n) is 16.6. The van der Waals surface area contributed by atoms with Gasteiger partial charge in [-0.2, -0.15) is 0 Å². The van der Waals surface area contributed by atoms with Crippen molar-refractivity contribution in [2.75, 3.05) is 6.54 Å². The molecule has 0 spiro atoms. The van der Waals surface area contributed by atoms with Gasteiger partial charge in [-0.05, 0) is 74.2 Å². The van der Waals surface area contributed by atoms with E-state index in [1.165, 1.54) is 44.2 Å². The Balaban J connectivity index is 1.35. The molecule has 2 saturated carbocycles. The third kappa shape index (κ3) is 5.46. The zero-order valence-corrected chi connectivity index (χ0v) is 16.6. The number of carbonyl (C=O) groups excluding carboxylic acids is 1. The highest BCUT2D eigenvalue weighted by atomic mass is 19.1. The third-order valence-corrected chi connectivity index (χ3v) is 5.83. The molecule has 0 atom stereocenters. The Bertz CT molecular complexity index is 899. The minimum absolute atomic E-state index is 0.0365. The van der Waals surface area contributed by atoms with Crippen molar-refractivity contribution in [1.82, 2.24) is 10.6 Å². The Morgan fingerprint density at radius 3 is 2.10 bits per heavy atom. The summed E-state index contributed by atoms with van der Waals surface area (Å²) in [5.74, 6) is 5.75. The van der Waals surface area contributed by atoms with Crippen LogP contribution in [0.1, 0.15) is 66.4 Å². The minimum Gasteiger partial charge on any atom is -0.350 e. The molecular formula is C25H27FN2O. The molecule has 29 heavy (non-hydrogen) atoms. The first kappa shape index (κ1) is 19.7. The molecule has 2 aliphatic rings. The molecule has 0 radical (unpaired) electrons. The first-order chi connectivity index (χ1) is 14.1. The van der Waals surface area contributed by atoms with Gasteiger partial charge in [-0.15, -0.1) is 0 Å². The molecular weight excluding hydrogens is 363 g/mol. The lowest BCUT2D eigenvalue weighted by atomic mass is 9.81. The van der Waals surface area contributed by atoms with Gasteiger partial charge in [-0.1, -0.05) is 31.1 Å². The molecule has 1 amide bonds. The SMILES string of the molecule is O=C(NCC1(NC2CC2)CCCCC1)c1ccc(C#Cc2ccc(F)cc2)cc1. The summed E-state index contributed by atoms with van der Waals surface area (Å²) in [5.41, 5.74) is 2.30. The fourth-order valence-corrected chi connectivity index (χ4v) is 4.00. The van der Waals surface area contributed by atoms with Crippen LogP contribution in [0.3, 0.4) is 0 Å². The van der Waals surface area contributed by atoms with Crippen molar-refractivity contribution in [3.63, 3.8) is 0 Å². The van der Waals surface area contributed by atoms with Crippen LogP contribution < -0.4 is 10.6 Å². The van der Waals surface area contributed by atoms with Crippen LogP contribution in [0, 0.1) is 17.7 Å². The number of hydrogen-bond donors (Lipinski definition) is 2. The first-order valence-electron chi connectivity index (χ1n) is 10.6. The maximum Gasteiger partial charge on any atom is 0.251 e. The van der Waals surface area contributed by atoms with Crippen molar-refractivity contribution in [1.29, 1.82) is 0 Å². The number of rotatable bonds is 5. The molecule has 0 unspecified atom stereocenters. The van der Waals surface area contributed by atoms with E-state index in [9.17, 15) is 9.18 Å². The Kier molecular flexibility index (Phi) is 5.97. The van der Waals surface area contributed by atoms with E-state index in [2.05, 4.69) is 22.5 Å². The van der Waals surface area contributed by atoms with Crippen molar-refractivity contribution in [2.45, 2.75) is 56.5 Å². The van der Waals surface area contributed by atoms with Crippen molar-refractivity contribution >= 4 is 5.91 Å². The molecule has 2 fully saturated rings. The van der Waals surface area contributed by atoms with Crippen molar-refractivity contribution in [3.8, 4) is 11.8 Å². The molecule has 2 N–H and O–H groups in total. The van der Waals surface area contributed by atoms with Crippen LogP contribution in [-0.4, -0.2) is 24.0 Å². The van der Waals surface area contributed by atoms with E-state index < -0.39 is 0 Å². The van der Waals surface area contributed by atoms with Crippen LogP contribution in [-0.2, 0) is 0 Å². The van der Waals surface area contributed by atoms with E-state index in [-0.39, 0.29) is 17.3 Å². The lowest BCUT2D eigenvalue weighted by molar-refractivity contribution is 0.0927. The van der Waals surface area contributed by atoms with Crippen molar-refractivity contribution in [2.24, 2.45) is 0 Å². The highest BCUT2D eigenvalue weighted by Gasteiger charge is 2.37. The van der Waals surface area contributed by atoms with Gasteiger partial charge in [0.2, 0.25) is 0 Å². The molecule has 2 aromatic carbocycles. The van der Waals surface area contributed by atoms with Gasteiger partial charge in [-0.3, -0.25) is 4.79 Å². The predicted octanol–water partition coefficient (Wildman–Crippen LogP) is 4.41. The second-order valence-corrected chi connectivity index (χ2v) is 8.28. The van der Waals surface area contributed by atoms with Crippen LogP contribution in [0.15, 0.2) is 48.5 Å². The number of carbonyl (C=O) groups is 1. The molecule has 2 aliphatic carbocycles. The maximum atomic E-state index is 13.0. The van der Waals surface area contributed by atoms with Crippen LogP contribution in [0.25, 0.3) is 0 Å². The maximum absolute atomic E-state index is 13.0. The minimum atomic E-state index is -0.270. The zero-order chi connectivity index (χ0) is 20.1. The highest BCUT2D eigenvalue weighted by Crippen LogP contribution is 2.32. The van der Waals surface area contributed by atoms with E-state index in [1.54, 1.807) is 12.1 Å². The monoisotopic (exact) mass is 390 g/mol. The van der Waals surface area contributed by atoms with Gasteiger partial charge >= 0.3 is 0 Å². The Hall–Kier alpha value is -2.64. The summed E-state index contributed by atoms with van der Waals surface area (Å²) in [6.45, 7) is 0.689. The quantitative estimate of drug-likeness (QED) is 0.743. The van der Waals surface area contributed by atoms with Gasteiger partial charge in [0.05, 0.1) is 0 Å². The third-order valence-electron chi connectivity index (χ3n) is 5.83. The van der Waals surface area contributed by atoms with Crippen LogP contribution in [0.5, 0.6) is 0 Å². The highest BCUT2D eigenvalue weighted by molar-refractivity contribution is 5.94. The second kappa shape index (κ2) is 8.80. The predicted molar refractivity (Wildman–Crippen MR) is 113 cm³/mol. The summed E-state index contributed by atoms with van der Waals surface area (Å²) >= 11 is 0. The number of hydrogen-bond acceptors (Lipinski definition) is 2. The molecule has 0 heterocycles. The Morgan fingerprint density at radius 2 is 1.52 bits per heavy atom. The van der Waals surface area contributed by atoms with Gasteiger partial charge in [0.25, 0.3) is 5.91 Å². The van der Waals surface area contributed by atoms with Crippen LogP contribution >= 0.6 is 0 Å². The molecule has 2 aromatic rings. The molecule has 150 valence electrons. The summed E-state index contributed by atoms with van der Waals surface area (Å²) in [6, 6.07) is 14.1. The fourth-order valence-electron chi connectivity index (χ4n) is 4.00. The lowest BCUT2D eigenvalue weighted by Gasteiger charge is -2.38. The van der Waals surface area contributed by atoms with E-state index in [0.717, 1.165) is 24.0 Å². The van der Waals surface area contributed by atoms with E-state index in [1.807, 2.05) is 24.3 Å². The van der Waals surface area contributed by atoms with Gasteiger partial charge in [0.15, 0.2) is 0 Å². The average Bonchev–Trinajstić information content (AvgIpc) is 3.56. The van der Waals surface area contributed by atoms with Gasteiger partial charge in [0, 0.05) is 34.8 Å². The van der Waals surface area contributed by atoms with Crippen molar-refractivity contribution in [3.05, 3.63) is 71.0 Å². The Morgan fingerprint density at radius 1 is 0.931 bits per heavy atom. The number of benzene rings is 2. The summed E-state index contributed by atoms with van der Waals surface area (Å²) in [4.78, 5) is 12.6. The van der Waals surface area contributed by atoms with Crippen molar-refractivity contribution < 1.29 is 9.18 Å². The van der Waals surface area contributed by atoms with Gasteiger partial charge < -0.3 is 10.6 Å². The van der Waals surface area contributed by atoms with E-state index in [4.69, 9.17) is 0 Å². The molecule has 0 aromatic heterocycles. The van der Waals surface area contributed by atoms with Gasteiger partial charge in [0.1, 0.15) is 5.82 Å². The Labute approximate surface area is 172 Å². The smallest absolute Gasteiger partial charge is 0.251 e. The van der Waals surface area contributed by atoms with Crippen LogP contribution in [0.4, 0.5) is 4.39 Å².